The number of carbonyl (C=O) groups excluding carboxylic acids is 3. The van der Waals surface area contributed by atoms with Crippen molar-refractivity contribution < 1.29 is 44.1 Å². The van der Waals surface area contributed by atoms with Gasteiger partial charge < -0.3 is 48.5 Å². The van der Waals surface area contributed by atoms with Crippen LogP contribution in [0.25, 0.3) is 0 Å². The molecule has 0 saturated carbocycles. The lowest BCUT2D eigenvalue weighted by atomic mass is 10.0. The fraction of sp³-hybridized carbons (Fsp3) is 0.458. The van der Waals surface area contributed by atoms with E-state index < -0.39 is 79.1 Å². The molecule has 0 aliphatic heterocycles. The molecule has 0 bridgehead atoms. The highest BCUT2D eigenvalue weighted by Crippen LogP contribution is 2.07. The van der Waals surface area contributed by atoms with Crippen molar-refractivity contribution in [1.82, 2.24) is 16.0 Å². The highest BCUT2D eigenvalue weighted by molar-refractivity contribution is 5.95. The number of hydrogen-bond acceptors (Lipinski definition) is 8. The molecule has 0 aromatic heterocycles. The summed E-state index contributed by atoms with van der Waals surface area (Å²) in [4.78, 5) is 76.1. The second-order valence-corrected chi connectivity index (χ2v) is 8.80. The summed E-state index contributed by atoms with van der Waals surface area (Å²) in [5.74, 6) is -6.99. The first-order chi connectivity index (χ1) is 18.8. The Bertz CT molecular complexity index is 1080. The zero-order valence-corrected chi connectivity index (χ0v) is 21.6. The van der Waals surface area contributed by atoms with Gasteiger partial charge in [-0.05, 0) is 24.8 Å². The summed E-state index contributed by atoms with van der Waals surface area (Å²) in [6, 6.07) is 2.76. The minimum Gasteiger partial charge on any atom is -0.481 e. The van der Waals surface area contributed by atoms with E-state index in [0.29, 0.717) is 5.56 Å². The number of nitrogens with zero attached hydrogens (tertiary/aromatic N) is 1. The van der Waals surface area contributed by atoms with Gasteiger partial charge in [0, 0.05) is 19.4 Å². The molecular weight excluding hydrogens is 530 g/mol. The normalized spacial score (nSPS) is 13.5. The number of aliphatic imine (C=N–C) groups is 1. The van der Waals surface area contributed by atoms with E-state index in [1.807, 2.05) is 0 Å². The summed E-state index contributed by atoms with van der Waals surface area (Å²) in [7, 11) is 0. The third kappa shape index (κ3) is 13.2. The Hall–Kier alpha value is -4.73. The SMILES string of the molecule is NC(N)=NCCCC(NC(=O)C(N)CC(=O)O)C(=O)NC(CCC(=O)O)C(=O)NC(Cc1ccccc1)C(=O)O. The van der Waals surface area contributed by atoms with Gasteiger partial charge in [0.2, 0.25) is 17.7 Å². The average Bonchev–Trinajstić information content (AvgIpc) is 2.87. The van der Waals surface area contributed by atoms with Crippen molar-refractivity contribution in [1.29, 1.82) is 0 Å². The summed E-state index contributed by atoms with van der Waals surface area (Å²) in [6.45, 7) is 0.0753. The van der Waals surface area contributed by atoms with Crippen LogP contribution in [0.1, 0.15) is 37.7 Å². The van der Waals surface area contributed by atoms with Gasteiger partial charge in [0.1, 0.15) is 18.1 Å². The molecule has 220 valence electrons. The summed E-state index contributed by atoms with van der Waals surface area (Å²) in [5, 5.41) is 34.6. The summed E-state index contributed by atoms with van der Waals surface area (Å²) < 4.78 is 0. The highest BCUT2D eigenvalue weighted by Gasteiger charge is 2.31. The number of benzene rings is 1. The Morgan fingerprint density at radius 2 is 1.32 bits per heavy atom. The van der Waals surface area contributed by atoms with E-state index in [9.17, 15) is 33.9 Å². The molecule has 4 unspecified atom stereocenters. The van der Waals surface area contributed by atoms with Gasteiger partial charge in [0.25, 0.3) is 0 Å². The number of aliphatic carboxylic acids is 3. The molecule has 1 aromatic rings. The van der Waals surface area contributed by atoms with E-state index in [-0.39, 0.29) is 31.8 Å². The predicted molar refractivity (Wildman–Crippen MR) is 141 cm³/mol. The Morgan fingerprint density at radius 3 is 1.85 bits per heavy atom. The number of carboxylic acids is 3. The number of hydrogen-bond donors (Lipinski definition) is 9. The van der Waals surface area contributed by atoms with Crippen molar-refractivity contribution >= 4 is 41.6 Å². The topological polar surface area (TPSA) is 290 Å². The molecule has 0 radical (unpaired) electrons. The van der Waals surface area contributed by atoms with Crippen molar-refractivity contribution in [3.63, 3.8) is 0 Å². The first kappa shape index (κ1) is 33.3. The van der Waals surface area contributed by atoms with E-state index >= 15 is 0 Å². The van der Waals surface area contributed by atoms with Gasteiger partial charge >= 0.3 is 17.9 Å². The van der Waals surface area contributed by atoms with E-state index in [2.05, 4.69) is 20.9 Å². The van der Waals surface area contributed by atoms with Crippen molar-refractivity contribution in [2.24, 2.45) is 22.2 Å². The summed E-state index contributed by atoms with van der Waals surface area (Å²) in [5.41, 5.74) is 16.7. The summed E-state index contributed by atoms with van der Waals surface area (Å²) >= 11 is 0. The Morgan fingerprint density at radius 1 is 0.775 bits per heavy atom. The molecule has 0 heterocycles. The smallest absolute Gasteiger partial charge is 0.326 e. The third-order valence-electron chi connectivity index (χ3n) is 5.49. The van der Waals surface area contributed by atoms with Gasteiger partial charge in [0.15, 0.2) is 5.96 Å². The van der Waals surface area contributed by atoms with Crippen LogP contribution >= 0.6 is 0 Å². The molecule has 0 fully saturated rings. The van der Waals surface area contributed by atoms with Crippen molar-refractivity contribution in [2.75, 3.05) is 6.54 Å². The maximum Gasteiger partial charge on any atom is 0.326 e. The number of guanidine groups is 1. The van der Waals surface area contributed by atoms with Crippen molar-refractivity contribution in [2.45, 2.75) is 62.7 Å². The van der Waals surface area contributed by atoms with Crippen LogP contribution in [0.15, 0.2) is 35.3 Å². The van der Waals surface area contributed by atoms with Crippen molar-refractivity contribution in [3.8, 4) is 0 Å². The number of amides is 3. The minimum absolute atomic E-state index is 0.0623. The molecule has 1 rings (SSSR count). The lowest BCUT2D eigenvalue weighted by molar-refractivity contribution is -0.143. The maximum absolute atomic E-state index is 13.1. The van der Waals surface area contributed by atoms with Crippen LogP contribution in [-0.4, -0.2) is 87.6 Å². The lowest BCUT2D eigenvalue weighted by Gasteiger charge is -2.25. The number of carbonyl (C=O) groups is 6. The minimum atomic E-state index is -1.48. The first-order valence-electron chi connectivity index (χ1n) is 12.2. The van der Waals surface area contributed by atoms with Crippen LogP contribution in [0.3, 0.4) is 0 Å². The molecule has 1 aromatic carbocycles. The second-order valence-electron chi connectivity index (χ2n) is 8.80. The quantitative estimate of drug-likeness (QED) is 0.0506. The predicted octanol–water partition coefficient (Wildman–Crippen LogP) is -2.51. The lowest BCUT2D eigenvalue weighted by Crippen LogP contribution is -2.57. The number of rotatable bonds is 18. The fourth-order valence-corrected chi connectivity index (χ4v) is 3.46. The van der Waals surface area contributed by atoms with Gasteiger partial charge in [0.05, 0.1) is 12.5 Å². The molecule has 3 amide bonds. The van der Waals surface area contributed by atoms with Crippen LogP contribution in [0, 0.1) is 0 Å². The van der Waals surface area contributed by atoms with Crippen LogP contribution in [0.2, 0.25) is 0 Å². The zero-order chi connectivity index (χ0) is 30.2. The Balaban J connectivity index is 3.09. The molecule has 4 atom stereocenters. The zero-order valence-electron chi connectivity index (χ0n) is 21.6. The molecule has 40 heavy (non-hydrogen) atoms. The van der Waals surface area contributed by atoms with E-state index in [0.717, 1.165) is 0 Å². The number of nitrogens with one attached hydrogen (secondary N) is 3. The maximum atomic E-state index is 13.1. The van der Waals surface area contributed by atoms with Gasteiger partial charge in [-0.15, -0.1) is 0 Å². The van der Waals surface area contributed by atoms with Crippen LogP contribution < -0.4 is 33.2 Å². The van der Waals surface area contributed by atoms with Gasteiger partial charge in [-0.1, -0.05) is 30.3 Å². The molecule has 0 aliphatic carbocycles. The Labute approximate surface area is 229 Å². The number of nitrogens with two attached hydrogens (primary N) is 3. The van der Waals surface area contributed by atoms with Gasteiger partial charge in [-0.2, -0.15) is 0 Å². The molecule has 0 saturated heterocycles. The Kier molecular flexibility index (Phi) is 14.1. The van der Waals surface area contributed by atoms with Crippen LogP contribution in [0.5, 0.6) is 0 Å². The third-order valence-corrected chi connectivity index (χ3v) is 5.49. The largest absolute Gasteiger partial charge is 0.481 e. The number of carboxylic acid groups (broad SMARTS) is 3. The highest BCUT2D eigenvalue weighted by atomic mass is 16.4. The van der Waals surface area contributed by atoms with E-state index in [1.54, 1.807) is 30.3 Å². The molecule has 0 aliphatic rings. The van der Waals surface area contributed by atoms with E-state index in [1.165, 1.54) is 0 Å². The molecular formula is C24H35N7O9. The van der Waals surface area contributed by atoms with Crippen molar-refractivity contribution in [3.05, 3.63) is 35.9 Å². The standard InChI is InChI=1S/C24H35N7O9/c25-14(12-19(34)35)20(36)29-15(7-4-10-28-24(26)27)21(37)30-16(8-9-18(32)33)22(38)31-17(23(39)40)11-13-5-2-1-3-6-13/h1-3,5-6,14-17H,4,7-12,25H2,(H,29,36)(H,30,37)(H,31,38)(H,32,33)(H,34,35)(H,39,40)(H4,26,27,28). The van der Waals surface area contributed by atoms with Crippen LogP contribution in [-0.2, 0) is 35.2 Å². The van der Waals surface area contributed by atoms with Gasteiger partial charge in [-0.25, -0.2) is 4.79 Å². The molecule has 16 heteroatoms. The molecule has 0 spiro atoms. The van der Waals surface area contributed by atoms with Gasteiger partial charge in [-0.3, -0.25) is 29.0 Å². The second kappa shape index (κ2) is 17.0. The summed E-state index contributed by atoms with van der Waals surface area (Å²) in [6.07, 6.45) is -1.61. The first-order valence-corrected chi connectivity index (χ1v) is 12.2. The van der Waals surface area contributed by atoms with E-state index in [4.69, 9.17) is 27.4 Å². The molecule has 12 N–H and O–H groups in total. The van der Waals surface area contributed by atoms with Crippen LogP contribution in [0.4, 0.5) is 0 Å². The fourth-order valence-electron chi connectivity index (χ4n) is 3.46. The average molecular weight is 566 g/mol. The monoisotopic (exact) mass is 565 g/mol. The molecule has 16 nitrogen and oxygen atoms in total.